The number of amides is 6. The van der Waals surface area contributed by atoms with Gasteiger partial charge >= 0.3 is 19.8 Å². The average Bonchev–Trinajstić information content (AvgIpc) is 3.21. The number of carboxylic acid groups (broad SMARTS) is 1. The summed E-state index contributed by atoms with van der Waals surface area (Å²) in [5.41, 5.74) is 7.21. The second kappa shape index (κ2) is 24.0. The molecule has 18 nitrogen and oxygen atoms in total. The highest BCUT2D eigenvalue weighted by Crippen LogP contribution is 2.60. The second-order valence-corrected chi connectivity index (χ2v) is 19.5. The van der Waals surface area contributed by atoms with Crippen LogP contribution in [0, 0.1) is 5.92 Å². The first-order valence-electron chi connectivity index (χ1n) is 20.9. The molecule has 8 N–H and O–H groups in total. The summed E-state index contributed by atoms with van der Waals surface area (Å²) in [5.74, 6) is -2.58. The summed E-state index contributed by atoms with van der Waals surface area (Å²) < 4.78 is 28.9. The predicted molar refractivity (Wildman–Crippen MR) is 233 cm³/mol. The summed E-state index contributed by atoms with van der Waals surface area (Å²) in [7, 11) is -1.19. The van der Waals surface area contributed by atoms with Gasteiger partial charge in [-0.1, -0.05) is 74.5 Å². The van der Waals surface area contributed by atoms with E-state index in [9.17, 15) is 38.4 Å². The zero-order chi connectivity index (χ0) is 46.1. The highest BCUT2D eigenvalue weighted by Gasteiger charge is 2.49. The maximum atomic E-state index is 14.2. The number of hydrogen-bond acceptors (Lipinski definition) is 11. The summed E-state index contributed by atoms with van der Waals surface area (Å²) in [6.07, 6.45) is -0.549. The SMILES string of the molecule is COP(=O)(OC)C1(N)CCN(C(=O)[C@@H](CCCCNC(=O)OC(C)(C)C)NC(=O)[C@@H](CC(C)C)NC(=O)[C@@H](Cc2ccccc2)NC(=O)[C@@H](Cc2ccccc2)NC(=O)O)CC1. The third-order valence-corrected chi connectivity index (χ3v) is 12.8. The molecule has 6 amide bonds. The number of benzene rings is 2. The average molecular weight is 888 g/mol. The van der Waals surface area contributed by atoms with Gasteiger partial charge in [-0.2, -0.15) is 0 Å². The van der Waals surface area contributed by atoms with E-state index in [2.05, 4.69) is 26.6 Å². The fourth-order valence-electron chi connectivity index (χ4n) is 7.07. The minimum atomic E-state index is -3.70. The van der Waals surface area contributed by atoms with Gasteiger partial charge in [0.1, 0.15) is 35.0 Å². The Morgan fingerprint density at radius 1 is 0.758 bits per heavy atom. The molecule has 1 aliphatic heterocycles. The van der Waals surface area contributed by atoms with Gasteiger partial charge in [-0.3, -0.25) is 23.7 Å². The van der Waals surface area contributed by atoms with Crippen molar-refractivity contribution in [3.8, 4) is 0 Å². The molecule has 1 saturated heterocycles. The van der Waals surface area contributed by atoms with Gasteiger partial charge in [0.25, 0.3) is 0 Å². The summed E-state index contributed by atoms with van der Waals surface area (Å²) in [5, 5.41) is 21.6. The molecule has 0 bridgehead atoms. The van der Waals surface area contributed by atoms with Crippen LogP contribution in [0.2, 0.25) is 0 Å². The number of piperidine rings is 1. The third-order valence-electron chi connectivity index (χ3n) is 10.3. The number of alkyl carbamates (subject to hydrolysis) is 1. The molecule has 0 saturated carbocycles. The predicted octanol–water partition coefficient (Wildman–Crippen LogP) is 4.07. The van der Waals surface area contributed by atoms with Crippen molar-refractivity contribution in [2.45, 2.75) is 121 Å². The molecule has 2 aromatic rings. The zero-order valence-corrected chi connectivity index (χ0v) is 37.8. The van der Waals surface area contributed by atoms with Crippen LogP contribution in [0.3, 0.4) is 0 Å². The van der Waals surface area contributed by atoms with Gasteiger partial charge in [-0.05, 0) is 76.3 Å². The van der Waals surface area contributed by atoms with E-state index in [1.807, 2.05) is 13.8 Å². The first kappa shape index (κ1) is 51.3. The molecule has 1 fully saturated rings. The van der Waals surface area contributed by atoms with Crippen LogP contribution in [0.4, 0.5) is 9.59 Å². The number of rotatable bonds is 22. The van der Waals surface area contributed by atoms with Crippen LogP contribution in [0.25, 0.3) is 0 Å². The Bertz CT molecular complexity index is 1830. The maximum absolute atomic E-state index is 14.2. The number of carbonyl (C=O) groups excluding carboxylic acids is 5. The zero-order valence-electron chi connectivity index (χ0n) is 36.9. The number of nitrogens with zero attached hydrogens (tertiary/aromatic N) is 1. The Labute approximate surface area is 364 Å². The van der Waals surface area contributed by atoms with Crippen LogP contribution in [-0.4, -0.2) is 115 Å². The lowest BCUT2D eigenvalue weighted by molar-refractivity contribution is -0.139. The molecule has 2 aromatic carbocycles. The molecule has 0 aliphatic carbocycles. The van der Waals surface area contributed by atoms with Crippen molar-refractivity contribution in [1.29, 1.82) is 0 Å². The van der Waals surface area contributed by atoms with Gasteiger partial charge in [0, 0.05) is 46.7 Å². The van der Waals surface area contributed by atoms with Gasteiger partial charge in [0.15, 0.2) is 0 Å². The normalized spacial score (nSPS) is 15.9. The van der Waals surface area contributed by atoms with Gasteiger partial charge in [-0.25, -0.2) is 9.59 Å². The lowest BCUT2D eigenvalue weighted by atomic mass is 9.99. The number of nitrogens with one attached hydrogen (secondary N) is 5. The van der Waals surface area contributed by atoms with E-state index in [-0.39, 0.29) is 64.1 Å². The fourth-order valence-corrected chi connectivity index (χ4v) is 8.69. The van der Waals surface area contributed by atoms with Crippen LogP contribution < -0.4 is 32.3 Å². The van der Waals surface area contributed by atoms with Gasteiger partial charge in [0.2, 0.25) is 23.6 Å². The summed E-state index contributed by atoms with van der Waals surface area (Å²) in [6, 6.07) is 13.1. The van der Waals surface area contributed by atoms with Gasteiger partial charge in [-0.15, -0.1) is 0 Å². The van der Waals surface area contributed by atoms with Crippen molar-refractivity contribution < 1.29 is 52.2 Å². The lowest BCUT2D eigenvalue weighted by Crippen LogP contribution is -2.60. The standard InChI is InChI=1S/C43H66N7O11P/c1-29(2)26-33(47-37(52)34(27-30-16-10-8-11-17-30)48-38(53)35(49-40(55)56)28-31-18-12-9-13-19-31)36(51)46-32(20-14-15-23-45-41(57)61-42(3,4)5)39(54)50-24-21-43(44,22-25-50)62(58,59-6)60-7/h8-13,16-19,29,32-35,49H,14-15,20-28,44H2,1-7H3,(H,45,57)(H,46,51)(H,47,52)(H,48,53)(H,55,56)/t32-,33-,34-,35-/m1/s1. The van der Waals surface area contributed by atoms with E-state index in [4.69, 9.17) is 19.5 Å². The van der Waals surface area contributed by atoms with Gasteiger partial charge in [0.05, 0.1) is 0 Å². The van der Waals surface area contributed by atoms with E-state index < -0.39 is 78.5 Å². The first-order valence-corrected chi connectivity index (χ1v) is 22.5. The van der Waals surface area contributed by atoms with Crippen LogP contribution in [0.5, 0.6) is 0 Å². The van der Waals surface area contributed by atoms with Crippen molar-refractivity contribution in [1.82, 2.24) is 31.5 Å². The molecule has 1 heterocycles. The number of nitrogens with two attached hydrogens (primary N) is 1. The largest absolute Gasteiger partial charge is 0.465 e. The number of ether oxygens (including phenoxy) is 1. The van der Waals surface area contributed by atoms with Crippen molar-refractivity contribution in [2.24, 2.45) is 11.7 Å². The van der Waals surface area contributed by atoms with Crippen molar-refractivity contribution in [3.63, 3.8) is 0 Å². The number of unbranched alkanes of at least 4 members (excludes halogenated alkanes) is 1. The molecule has 344 valence electrons. The van der Waals surface area contributed by atoms with E-state index in [1.54, 1.807) is 81.4 Å². The Morgan fingerprint density at radius 3 is 1.69 bits per heavy atom. The Balaban J connectivity index is 1.85. The minimum absolute atomic E-state index is 0.0187. The molecule has 0 spiro atoms. The van der Waals surface area contributed by atoms with Crippen molar-refractivity contribution >= 4 is 43.4 Å². The molecule has 0 aromatic heterocycles. The van der Waals surface area contributed by atoms with E-state index >= 15 is 0 Å². The van der Waals surface area contributed by atoms with Crippen LogP contribution in [0.15, 0.2) is 60.7 Å². The second-order valence-electron chi connectivity index (χ2n) is 16.9. The summed E-state index contributed by atoms with van der Waals surface area (Å²) in [6.45, 7) is 9.45. The fraction of sp³-hybridized carbons (Fsp3) is 0.581. The number of likely N-dealkylation sites (tertiary alicyclic amines) is 1. The highest BCUT2D eigenvalue weighted by molar-refractivity contribution is 7.55. The first-order chi connectivity index (χ1) is 29.2. The van der Waals surface area contributed by atoms with E-state index in [1.165, 1.54) is 19.1 Å². The quantitative estimate of drug-likeness (QED) is 0.0653. The number of carbonyl (C=O) groups is 6. The van der Waals surface area contributed by atoms with Gasteiger partial charge < -0.3 is 56.1 Å². The molecule has 4 atom stereocenters. The number of hydrogen-bond donors (Lipinski definition) is 7. The molecule has 3 rings (SSSR count). The Hall–Kier alpha value is -5.03. The smallest absolute Gasteiger partial charge is 0.407 e. The maximum Gasteiger partial charge on any atom is 0.407 e. The molecular weight excluding hydrogens is 821 g/mol. The molecule has 19 heteroatoms. The summed E-state index contributed by atoms with van der Waals surface area (Å²) >= 11 is 0. The minimum Gasteiger partial charge on any atom is -0.465 e. The Kier molecular flexibility index (Phi) is 19.9. The third kappa shape index (κ3) is 16.3. The lowest BCUT2D eigenvalue weighted by Gasteiger charge is -2.42. The molecule has 0 unspecified atom stereocenters. The Morgan fingerprint density at radius 2 is 1.23 bits per heavy atom. The molecular formula is C43H66N7O11P. The van der Waals surface area contributed by atoms with Crippen LogP contribution >= 0.6 is 7.60 Å². The molecule has 0 radical (unpaired) electrons. The van der Waals surface area contributed by atoms with Crippen molar-refractivity contribution in [3.05, 3.63) is 71.8 Å². The topological polar surface area (TPSA) is 257 Å². The van der Waals surface area contributed by atoms with E-state index in [0.717, 1.165) is 0 Å². The highest BCUT2D eigenvalue weighted by atomic mass is 31.2. The molecule has 62 heavy (non-hydrogen) atoms. The summed E-state index contributed by atoms with van der Waals surface area (Å²) in [4.78, 5) is 81.9. The van der Waals surface area contributed by atoms with Crippen molar-refractivity contribution in [2.75, 3.05) is 33.9 Å². The van der Waals surface area contributed by atoms with Crippen LogP contribution in [0.1, 0.15) is 84.3 Å². The van der Waals surface area contributed by atoms with E-state index in [0.29, 0.717) is 24.0 Å². The van der Waals surface area contributed by atoms with Crippen LogP contribution in [-0.2, 0) is 50.4 Å². The molecule has 1 aliphatic rings. The monoisotopic (exact) mass is 887 g/mol.